The summed E-state index contributed by atoms with van der Waals surface area (Å²) in [5.74, 6) is 1.26. The first kappa shape index (κ1) is 35.9. The lowest BCUT2D eigenvalue weighted by molar-refractivity contribution is -0.763. The van der Waals surface area contributed by atoms with E-state index in [2.05, 4.69) is 10.3 Å². The third-order valence-electron chi connectivity index (χ3n) is 11.7. The summed E-state index contributed by atoms with van der Waals surface area (Å²) >= 11 is 0. The molecule has 1 aliphatic carbocycles. The Morgan fingerprint density at radius 2 is 1.86 bits per heavy atom. The van der Waals surface area contributed by atoms with Gasteiger partial charge >= 0.3 is 0 Å². The van der Waals surface area contributed by atoms with E-state index in [0.717, 1.165) is 48.3 Å². The fourth-order valence-corrected chi connectivity index (χ4v) is 8.59. The molecule has 5 heterocycles. The number of aliphatic hydroxyl groups is 5. The minimum atomic E-state index is -1.82. The smallest absolute Gasteiger partial charge is 0.226 e. The van der Waals surface area contributed by atoms with Crippen LogP contribution in [0.4, 0.5) is 5.69 Å². The zero-order valence-corrected chi connectivity index (χ0v) is 29.0. The lowest BCUT2D eigenvalue weighted by atomic mass is 9.65. The van der Waals surface area contributed by atoms with Crippen molar-refractivity contribution in [2.75, 3.05) is 26.3 Å². The molecule has 1 saturated heterocycles. The molecule has 276 valence electrons. The minimum Gasteiger partial charge on any atom is -0.478 e. The van der Waals surface area contributed by atoms with Gasteiger partial charge in [-0.2, -0.15) is 0 Å². The number of fused-ring (bicyclic) bond motifs is 3. The lowest BCUT2D eigenvalue weighted by Crippen LogP contribution is -3.01. The van der Waals surface area contributed by atoms with Crippen molar-refractivity contribution in [3.63, 3.8) is 0 Å². The normalized spacial score (nSPS) is 28.8. The number of carbonyl (C=O) groups excluding carboxylic acids is 1. The standard InChI is InChI=1S/C37H47N3O11/c1-20-12-26(42)24-13-22-14-29(51-48-19-28(44)32(46)31(45)27(43)18-41)36(2,10-6-23-15-39-35(47)37(23)8-4-3-5-9-37)50-33(22)30(34(24)49-20)40-16-21-7-11-38-25(21)17-40/h7,11-13,17,23,27-29,31-32,41,43-46H,3-6,8-10,14-16,18-19H2,1-2H3,(H,39,47)/p+1. The predicted octanol–water partition coefficient (Wildman–Crippen LogP) is 0.407. The van der Waals surface area contributed by atoms with Crippen LogP contribution in [0.2, 0.25) is 0 Å². The van der Waals surface area contributed by atoms with Crippen molar-refractivity contribution in [3.05, 3.63) is 57.2 Å². The van der Waals surface area contributed by atoms with Gasteiger partial charge in [0.25, 0.3) is 0 Å². The van der Waals surface area contributed by atoms with Gasteiger partial charge in [0.1, 0.15) is 66.9 Å². The highest BCUT2D eigenvalue weighted by atomic mass is 17.2. The van der Waals surface area contributed by atoms with Gasteiger partial charge in [-0.1, -0.05) is 19.3 Å². The summed E-state index contributed by atoms with van der Waals surface area (Å²) < 4.78 is 13.3. The number of hydrogen-bond acceptors (Lipinski definition) is 12. The molecule has 14 heteroatoms. The maximum Gasteiger partial charge on any atom is 0.226 e. The molecule has 14 nitrogen and oxygen atoms in total. The molecule has 1 saturated carbocycles. The van der Waals surface area contributed by atoms with Crippen LogP contribution in [0.15, 0.2) is 49.9 Å². The van der Waals surface area contributed by atoms with Gasteiger partial charge in [0.05, 0.1) is 17.4 Å². The number of hydrogen-bond donors (Lipinski definition) is 7. The first-order valence-electron chi connectivity index (χ1n) is 17.9. The molecule has 0 radical (unpaired) electrons. The van der Waals surface area contributed by atoms with E-state index in [1.807, 2.05) is 19.2 Å². The second kappa shape index (κ2) is 14.2. The van der Waals surface area contributed by atoms with Crippen molar-refractivity contribution in [2.45, 2.75) is 101 Å². The molecule has 7 rings (SSSR count). The zero-order valence-electron chi connectivity index (χ0n) is 29.0. The Balaban J connectivity index is 1.22. The summed E-state index contributed by atoms with van der Waals surface area (Å²) in [6, 6.07) is 3.22. The SMILES string of the molecule is Cc1cc(=O)c2cc3c(c([NH+]4C=C5N=CC=C5C4)c2o1)OC(C)(CCC1CNC(=O)C12CCCCC2)C(OOCC(O)C(O)C(O)C(O)CO)C3. The third kappa shape index (κ3) is 6.57. The second-order valence-electron chi connectivity index (χ2n) is 15.0. The number of aryl methyl sites for hydroxylation is 1. The van der Waals surface area contributed by atoms with Gasteiger partial charge < -0.3 is 40.0 Å². The third-order valence-corrected chi connectivity index (χ3v) is 11.7. The number of rotatable bonds is 12. The molecule has 1 amide bonds. The molecule has 51 heavy (non-hydrogen) atoms. The Labute approximate surface area is 294 Å². The van der Waals surface area contributed by atoms with E-state index < -0.39 is 54.7 Å². The summed E-state index contributed by atoms with van der Waals surface area (Å²) in [5, 5.41) is 53.3. The van der Waals surface area contributed by atoms with Gasteiger partial charge in [0.15, 0.2) is 11.2 Å². The molecule has 2 fully saturated rings. The zero-order chi connectivity index (χ0) is 36.1. The molecule has 2 aromatic rings. The first-order valence-corrected chi connectivity index (χ1v) is 17.9. The first-order chi connectivity index (χ1) is 24.4. The summed E-state index contributed by atoms with van der Waals surface area (Å²) in [6.07, 6.45) is 4.26. The number of carbonyl (C=O) groups is 1. The van der Waals surface area contributed by atoms with Crippen LogP contribution in [0, 0.1) is 18.3 Å². The predicted molar refractivity (Wildman–Crippen MR) is 183 cm³/mol. The summed E-state index contributed by atoms with van der Waals surface area (Å²) in [7, 11) is 0. The van der Waals surface area contributed by atoms with E-state index in [1.165, 1.54) is 6.07 Å². The van der Waals surface area contributed by atoms with Gasteiger partial charge in [0.2, 0.25) is 17.2 Å². The van der Waals surface area contributed by atoms with E-state index in [4.69, 9.17) is 24.0 Å². The number of quaternary nitrogens is 1. The number of amides is 1. The van der Waals surface area contributed by atoms with Crippen LogP contribution < -0.4 is 20.4 Å². The monoisotopic (exact) mass is 710 g/mol. The highest BCUT2D eigenvalue weighted by Crippen LogP contribution is 2.50. The molecule has 1 spiro atoms. The van der Waals surface area contributed by atoms with Gasteiger partial charge in [-0.05, 0) is 57.6 Å². The van der Waals surface area contributed by atoms with E-state index in [1.54, 1.807) is 19.2 Å². The Morgan fingerprint density at radius 3 is 2.61 bits per heavy atom. The fraction of sp³-hybridized carbons (Fsp3) is 0.595. The molecule has 8 atom stereocenters. The molecular weight excluding hydrogens is 662 g/mol. The van der Waals surface area contributed by atoms with Crippen LogP contribution in [0.25, 0.3) is 11.0 Å². The van der Waals surface area contributed by atoms with Crippen LogP contribution >= 0.6 is 0 Å². The summed E-state index contributed by atoms with van der Waals surface area (Å²) in [4.78, 5) is 43.5. The molecule has 1 aromatic carbocycles. The van der Waals surface area contributed by atoms with Crippen LogP contribution in [-0.4, -0.2) is 100 Å². The highest BCUT2D eigenvalue weighted by molar-refractivity contribution is 5.90. The average molecular weight is 711 g/mol. The van der Waals surface area contributed by atoms with Crippen LogP contribution in [0.3, 0.4) is 0 Å². The Kier molecular flexibility index (Phi) is 9.97. The molecule has 7 N–H and O–H groups in total. The van der Waals surface area contributed by atoms with E-state index in [-0.39, 0.29) is 23.7 Å². The van der Waals surface area contributed by atoms with Crippen molar-refractivity contribution in [1.29, 1.82) is 0 Å². The number of allylic oxidation sites excluding steroid dienone is 1. The van der Waals surface area contributed by atoms with Crippen LogP contribution in [-0.2, 0) is 21.0 Å². The minimum absolute atomic E-state index is 0.0972. The van der Waals surface area contributed by atoms with Crippen LogP contribution in [0.5, 0.6) is 5.75 Å². The van der Waals surface area contributed by atoms with E-state index in [9.17, 15) is 30.0 Å². The van der Waals surface area contributed by atoms with Crippen molar-refractivity contribution in [2.24, 2.45) is 16.3 Å². The molecule has 1 aromatic heterocycles. The quantitative estimate of drug-likeness (QED) is 0.119. The molecular formula is C37H48N3O11+. The Hall–Kier alpha value is -3.47. The van der Waals surface area contributed by atoms with Gasteiger partial charge in [-0.25, -0.2) is 9.78 Å². The van der Waals surface area contributed by atoms with Crippen molar-refractivity contribution < 1.29 is 54.2 Å². The van der Waals surface area contributed by atoms with Crippen LogP contribution in [0.1, 0.15) is 63.2 Å². The molecule has 4 aliphatic heterocycles. The topological polar surface area (TPSA) is 205 Å². The van der Waals surface area contributed by atoms with Crippen molar-refractivity contribution in [1.82, 2.24) is 5.32 Å². The largest absolute Gasteiger partial charge is 0.478 e. The molecule has 5 aliphatic rings. The van der Waals surface area contributed by atoms with Crippen molar-refractivity contribution in [3.8, 4) is 5.75 Å². The Morgan fingerprint density at radius 1 is 1.10 bits per heavy atom. The number of benzene rings is 1. The number of nitrogens with zero attached hydrogens (tertiary/aromatic N) is 1. The number of aliphatic hydroxyl groups excluding tert-OH is 5. The lowest BCUT2D eigenvalue weighted by Gasteiger charge is -2.43. The highest BCUT2D eigenvalue weighted by Gasteiger charge is 2.52. The van der Waals surface area contributed by atoms with Gasteiger partial charge in [-0.3, -0.25) is 19.5 Å². The van der Waals surface area contributed by atoms with Crippen molar-refractivity contribution >= 4 is 28.8 Å². The number of nitrogens with one attached hydrogen (secondary N) is 2. The van der Waals surface area contributed by atoms with Gasteiger partial charge in [0, 0.05) is 36.4 Å². The summed E-state index contributed by atoms with van der Waals surface area (Å²) in [6.45, 7) is 3.46. The maximum absolute atomic E-state index is 13.4. The average Bonchev–Trinajstić information content (AvgIpc) is 3.81. The summed E-state index contributed by atoms with van der Waals surface area (Å²) in [5.41, 5.74) is 2.10. The van der Waals surface area contributed by atoms with E-state index in [0.29, 0.717) is 59.7 Å². The number of ether oxygens (including phenoxy) is 1. The molecule has 0 bridgehead atoms. The van der Waals surface area contributed by atoms with Gasteiger partial charge in [-0.15, -0.1) is 0 Å². The maximum atomic E-state index is 13.4. The Bertz CT molecular complexity index is 1810. The molecule has 8 unspecified atom stereocenters. The number of aliphatic imine (C=N–C) groups is 1. The van der Waals surface area contributed by atoms with E-state index >= 15 is 0 Å². The fourth-order valence-electron chi connectivity index (χ4n) is 8.59. The second-order valence-corrected chi connectivity index (χ2v) is 15.0.